The number of nitrogens with one attached hydrogen (secondary N) is 1. The molecule has 0 aliphatic carbocycles. The molecule has 0 fully saturated rings. The van der Waals surface area contributed by atoms with E-state index in [1.807, 2.05) is 0 Å². The van der Waals surface area contributed by atoms with Crippen molar-refractivity contribution < 1.29 is 14.1 Å². The Bertz CT molecular complexity index is 837. The minimum Gasteiger partial charge on any atom is -0.467 e. The molecule has 0 spiro atoms. The lowest BCUT2D eigenvalue weighted by atomic mass is 10.1. The van der Waals surface area contributed by atoms with E-state index in [0.29, 0.717) is 24.4 Å². The van der Waals surface area contributed by atoms with E-state index in [-0.39, 0.29) is 11.7 Å². The predicted molar refractivity (Wildman–Crippen MR) is 84.3 cm³/mol. The van der Waals surface area contributed by atoms with Crippen molar-refractivity contribution in [2.45, 2.75) is 13.1 Å². The lowest BCUT2D eigenvalue weighted by molar-refractivity contribution is -0.389. The second-order valence-electron chi connectivity index (χ2n) is 5.09. The highest BCUT2D eigenvalue weighted by Gasteiger charge is 2.11. The maximum Gasteiger partial charge on any atom is 0.389 e. The number of hydrogen-bond acceptors (Lipinski definition) is 5. The summed E-state index contributed by atoms with van der Waals surface area (Å²) in [4.78, 5) is 22.1. The van der Waals surface area contributed by atoms with Crippen LogP contribution in [0.25, 0.3) is 0 Å². The third-order valence-corrected chi connectivity index (χ3v) is 3.38. The van der Waals surface area contributed by atoms with Gasteiger partial charge < -0.3 is 19.8 Å². The van der Waals surface area contributed by atoms with Crippen LogP contribution >= 0.6 is 0 Å². The van der Waals surface area contributed by atoms with Crippen molar-refractivity contribution in [3.8, 4) is 0 Å². The number of furan rings is 1. The van der Waals surface area contributed by atoms with Gasteiger partial charge in [-0.2, -0.15) is 4.68 Å². The van der Waals surface area contributed by atoms with Crippen LogP contribution < -0.4 is 5.32 Å². The highest BCUT2D eigenvalue weighted by molar-refractivity contribution is 5.94. The minimum absolute atomic E-state index is 0.191. The summed E-state index contributed by atoms with van der Waals surface area (Å²) >= 11 is 0. The van der Waals surface area contributed by atoms with E-state index in [0.717, 1.165) is 5.56 Å². The van der Waals surface area contributed by atoms with Crippen molar-refractivity contribution in [2.75, 3.05) is 0 Å². The normalized spacial score (nSPS) is 10.5. The topological polar surface area (TPSA) is 103 Å². The number of amides is 1. The summed E-state index contributed by atoms with van der Waals surface area (Å²) in [5.74, 6) is 0.289. The van der Waals surface area contributed by atoms with Crippen LogP contribution in [0.2, 0.25) is 0 Å². The molecule has 0 saturated heterocycles. The lowest BCUT2D eigenvalue weighted by Crippen LogP contribution is -2.22. The van der Waals surface area contributed by atoms with Gasteiger partial charge in [0.1, 0.15) is 5.76 Å². The zero-order chi connectivity index (χ0) is 16.9. The second-order valence-corrected chi connectivity index (χ2v) is 5.09. The van der Waals surface area contributed by atoms with E-state index >= 15 is 0 Å². The first-order valence-corrected chi connectivity index (χ1v) is 7.19. The molecule has 0 bridgehead atoms. The van der Waals surface area contributed by atoms with E-state index < -0.39 is 4.92 Å². The molecule has 0 atom stereocenters. The first kappa shape index (κ1) is 15.5. The molecule has 8 heteroatoms. The van der Waals surface area contributed by atoms with E-state index in [1.54, 1.807) is 48.9 Å². The van der Waals surface area contributed by atoms with Crippen LogP contribution in [-0.2, 0) is 13.1 Å². The number of benzene rings is 1. The number of nitrogens with zero attached hydrogens (tertiary/aromatic N) is 3. The van der Waals surface area contributed by atoms with E-state index in [9.17, 15) is 14.9 Å². The van der Waals surface area contributed by atoms with Gasteiger partial charge in [0, 0.05) is 5.56 Å². The van der Waals surface area contributed by atoms with Gasteiger partial charge in [0.2, 0.25) is 0 Å². The predicted octanol–water partition coefficient (Wildman–Crippen LogP) is 2.36. The molecule has 0 unspecified atom stereocenters. The molecule has 2 aromatic heterocycles. The summed E-state index contributed by atoms with van der Waals surface area (Å²) in [6.45, 7) is 0.715. The van der Waals surface area contributed by atoms with Gasteiger partial charge >= 0.3 is 5.82 Å². The van der Waals surface area contributed by atoms with Crippen molar-refractivity contribution in [2.24, 2.45) is 0 Å². The third-order valence-electron chi connectivity index (χ3n) is 3.38. The van der Waals surface area contributed by atoms with Crippen LogP contribution in [0.5, 0.6) is 0 Å². The van der Waals surface area contributed by atoms with Crippen LogP contribution in [0.15, 0.2) is 59.3 Å². The first-order valence-electron chi connectivity index (χ1n) is 7.19. The Balaban J connectivity index is 1.59. The van der Waals surface area contributed by atoms with Gasteiger partial charge in [-0.3, -0.25) is 4.79 Å². The van der Waals surface area contributed by atoms with E-state index in [4.69, 9.17) is 4.42 Å². The molecule has 3 aromatic rings. The molecule has 0 radical (unpaired) electrons. The van der Waals surface area contributed by atoms with Crippen LogP contribution in [0.3, 0.4) is 0 Å². The molecule has 1 aromatic carbocycles. The van der Waals surface area contributed by atoms with Gasteiger partial charge in [-0.1, -0.05) is 12.1 Å². The third kappa shape index (κ3) is 3.67. The molecule has 3 rings (SSSR count). The monoisotopic (exact) mass is 326 g/mol. The van der Waals surface area contributed by atoms with Gasteiger partial charge in [0.05, 0.1) is 36.7 Å². The molecule has 1 amide bonds. The molecule has 8 nitrogen and oxygen atoms in total. The average Bonchev–Trinajstić information content (AvgIpc) is 3.25. The number of carbonyl (C=O) groups is 1. The van der Waals surface area contributed by atoms with Crippen LogP contribution in [0.1, 0.15) is 21.7 Å². The maximum absolute atomic E-state index is 12.0. The fourth-order valence-corrected chi connectivity index (χ4v) is 2.17. The summed E-state index contributed by atoms with van der Waals surface area (Å²) < 4.78 is 6.63. The lowest BCUT2D eigenvalue weighted by Gasteiger charge is -2.04. The number of nitro groups is 1. The largest absolute Gasteiger partial charge is 0.467 e. The van der Waals surface area contributed by atoms with Crippen molar-refractivity contribution in [3.05, 3.63) is 81.9 Å². The zero-order valence-electron chi connectivity index (χ0n) is 12.6. The molecule has 24 heavy (non-hydrogen) atoms. The fraction of sp³-hybridized carbons (Fsp3) is 0.125. The van der Waals surface area contributed by atoms with E-state index in [1.165, 1.54) is 10.7 Å². The molecule has 0 saturated carbocycles. The Morgan fingerprint density at radius 2 is 2.04 bits per heavy atom. The smallest absolute Gasteiger partial charge is 0.389 e. The highest BCUT2D eigenvalue weighted by atomic mass is 16.6. The Kier molecular flexibility index (Phi) is 4.37. The molecular weight excluding hydrogens is 312 g/mol. The van der Waals surface area contributed by atoms with Crippen molar-refractivity contribution in [3.63, 3.8) is 0 Å². The number of rotatable bonds is 6. The molecule has 0 aliphatic heterocycles. The molecule has 2 heterocycles. The van der Waals surface area contributed by atoms with Crippen LogP contribution in [-0.4, -0.2) is 20.6 Å². The Morgan fingerprint density at radius 3 is 2.67 bits per heavy atom. The van der Waals surface area contributed by atoms with Gasteiger partial charge in [-0.25, -0.2) is 0 Å². The fourth-order valence-electron chi connectivity index (χ4n) is 2.17. The summed E-state index contributed by atoms with van der Waals surface area (Å²) in [6, 6.07) is 11.9. The van der Waals surface area contributed by atoms with Crippen molar-refractivity contribution >= 4 is 11.7 Å². The number of carbonyl (C=O) groups excluding carboxylic acids is 1. The summed E-state index contributed by atoms with van der Waals surface area (Å²) in [7, 11) is 0. The Hall–Kier alpha value is -3.42. The first-order chi connectivity index (χ1) is 11.6. The molecular formula is C16H14N4O4. The standard InChI is InChI=1S/C16H14N4O4/c21-16(17-10-14-2-1-9-24-14)13-5-3-12(4-6-13)11-19-8-7-15(18-19)20(22)23/h1-9H,10-11H2,(H,17,21). The number of aromatic nitrogens is 2. The van der Waals surface area contributed by atoms with Crippen molar-refractivity contribution in [1.82, 2.24) is 15.1 Å². The van der Waals surface area contributed by atoms with E-state index in [2.05, 4.69) is 10.4 Å². The van der Waals surface area contributed by atoms with Gasteiger partial charge in [0.15, 0.2) is 0 Å². The molecule has 1 N–H and O–H groups in total. The quantitative estimate of drug-likeness (QED) is 0.553. The van der Waals surface area contributed by atoms with Gasteiger partial charge in [-0.15, -0.1) is 0 Å². The number of hydrogen-bond donors (Lipinski definition) is 1. The summed E-state index contributed by atoms with van der Waals surface area (Å²) in [5.41, 5.74) is 1.41. The average molecular weight is 326 g/mol. The van der Waals surface area contributed by atoms with Gasteiger partial charge in [-0.05, 0) is 34.8 Å². The summed E-state index contributed by atoms with van der Waals surface area (Å²) in [6.07, 6.45) is 3.10. The Labute approximate surface area is 136 Å². The zero-order valence-corrected chi connectivity index (χ0v) is 12.6. The molecule has 122 valence electrons. The maximum atomic E-state index is 12.0. The minimum atomic E-state index is -0.539. The molecule has 0 aliphatic rings. The van der Waals surface area contributed by atoms with Crippen LogP contribution in [0.4, 0.5) is 5.82 Å². The van der Waals surface area contributed by atoms with Crippen LogP contribution in [0, 0.1) is 10.1 Å². The Morgan fingerprint density at radius 1 is 1.25 bits per heavy atom. The van der Waals surface area contributed by atoms with Gasteiger partial charge in [0.25, 0.3) is 5.91 Å². The SMILES string of the molecule is O=C(NCc1ccco1)c1ccc(Cn2ccc([N+](=O)[O-])n2)cc1. The second kappa shape index (κ2) is 6.78. The van der Waals surface area contributed by atoms with Crippen molar-refractivity contribution in [1.29, 1.82) is 0 Å². The highest BCUT2D eigenvalue weighted by Crippen LogP contribution is 2.10. The summed E-state index contributed by atoms with van der Waals surface area (Å²) in [5, 5.41) is 17.2.